The fraction of sp³-hybridized carbons (Fsp3) is 0.111. The van der Waals surface area contributed by atoms with Crippen molar-refractivity contribution in [2.75, 3.05) is 5.73 Å². The molecule has 0 aliphatic rings. The molecule has 3 N–H and O–H groups in total. The minimum absolute atomic E-state index is 0.160. The third-order valence-corrected chi connectivity index (χ3v) is 3.55. The molecule has 0 aliphatic carbocycles. The Morgan fingerprint density at radius 2 is 2.23 bits per heavy atom. The molecule has 2 rings (SSSR count). The summed E-state index contributed by atoms with van der Waals surface area (Å²) in [5.74, 6) is 0.160. The fourth-order valence-electron chi connectivity index (χ4n) is 1.23. The van der Waals surface area contributed by atoms with Crippen LogP contribution in [0.4, 0.5) is 5.69 Å². The van der Waals surface area contributed by atoms with Crippen molar-refractivity contribution in [1.82, 2.24) is 0 Å². The number of phenolic OH excluding ortho intramolecular Hbond substituents is 1. The maximum atomic E-state index is 9.42. The topological polar surface area (TPSA) is 46.2 Å². The normalized spacial score (nSPS) is 10.8. The van der Waals surface area contributed by atoms with E-state index in [1.807, 2.05) is 6.07 Å². The molecule has 0 unspecified atom stereocenters. The van der Waals surface area contributed by atoms with Crippen LogP contribution in [0.5, 0.6) is 5.75 Å². The molecule has 4 heteroatoms. The van der Waals surface area contributed by atoms with Crippen LogP contribution in [0.2, 0.25) is 0 Å². The van der Waals surface area contributed by atoms with E-state index in [0.717, 1.165) is 15.4 Å². The van der Waals surface area contributed by atoms with E-state index in [4.69, 9.17) is 5.73 Å². The maximum absolute atomic E-state index is 9.42. The molecule has 13 heavy (non-hydrogen) atoms. The Hall–Kier alpha value is -0.740. The predicted molar refractivity (Wildman–Crippen MR) is 60.5 cm³/mol. The number of fused-ring (bicyclic) bond motifs is 1. The van der Waals surface area contributed by atoms with E-state index >= 15 is 0 Å². The number of hydrogen-bond donors (Lipinski definition) is 2. The molecule has 1 aromatic carbocycles. The fourth-order valence-corrected chi connectivity index (χ4v) is 2.90. The Balaban J connectivity index is 2.77. The number of halogens is 1. The molecule has 0 spiro atoms. The molecule has 0 fully saturated rings. The summed E-state index contributed by atoms with van der Waals surface area (Å²) in [5, 5.41) is 13.4. The summed E-state index contributed by atoms with van der Waals surface area (Å²) in [4.78, 5) is 0. The second-order valence-corrected chi connectivity index (χ2v) is 4.27. The van der Waals surface area contributed by atoms with Crippen molar-refractivity contribution in [2.24, 2.45) is 0 Å². The Labute approximate surface area is 88.1 Å². The van der Waals surface area contributed by atoms with Gasteiger partial charge in [0.05, 0.1) is 5.69 Å². The molecule has 1 aromatic heterocycles. The minimum Gasteiger partial charge on any atom is -0.506 e. The van der Waals surface area contributed by atoms with Gasteiger partial charge in [-0.05, 0) is 23.1 Å². The third-order valence-electron chi connectivity index (χ3n) is 1.95. The Morgan fingerprint density at radius 3 is 2.92 bits per heavy atom. The quantitative estimate of drug-likeness (QED) is 0.469. The summed E-state index contributed by atoms with van der Waals surface area (Å²) < 4.78 is 1.12. The third kappa shape index (κ3) is 1.40. The molecule has 0 atom stereocenters. The summed E-state index contributed by atoms with van der Waals surface area (Å²) in [6, 6.07) is 3.53. The lowest BCUT2D eigenvalue weighted by Gasteiger charge is -1.99. The number of alkyl halides is 1. The van der Waals surface area contributed by atoms with Gasteiger partial charge in [-0.3, -0.25) is 0 Å². The number of anilines is 1. The van der Waals surface area contributed by atoms with Gasteiger partial charge >= 0.3 is 0 Å². The molecular formula is C9H8BrNOS. The lowest BCUT2D eigenvalue weighted by atomic mass is 10.2. The number of aromatic hydroxyl groups is 1. The van der Waals surface area contributed by atoms with E-state index in [2.05, 4.69) is 21.3 Å². The number of hydrogen-bond acceptors (Lipinski definition) is 3. The van der Waals surface area contributed by atoms with Crippen molar-refractivity contribution in [2.45, 2.75) is 5.33 Å². The average molecular weight is 258 g/mol. The van der Waals surface area contributed by atoms with Crippen LogP contribution in [0.1, 0.15) is 5.56 Å². The Bertz CT molecular complexity index is 452. The smallest absolute Gasteiger partial charge is 0.139 e. The van der Waals surface area contributed by atoms with Crippen molar-refractivity contribution >= 4 is 43.0 Å². The molecule has 2 nitrogen and oxygen atoms in total. The molecule has 0 saturated carbocycles. The highest BCUT2D eigenvalue weighted by Crippen LogP contribution is 2.34. The van der Waals surface area contributed by atoms with Crippen molar-refractivity contribution in [3.05, 3.63) is 23.1 Å². The van der Waals surface area contributed by atoms with Gasteiger partial charge in [0.25, 0.3) is 0 Å². The first-order valence-corrected chi connectivity index (χ1v) is 5.77. The second-order valence-electron chi connectivity index (χ2n) is 2.80. The highest BCUT2D eigenvalue weighted by molar-refractivity contribution is 9.08. The molecule has 0 bridgehead atoms. The van der Waals surface area contributed by atoms with Crippen LogP contribution in [0.3, 0.4) is 0 Å². The lowest BCUT2D eigenvalue weighted by molar-refractivity contribution is 0.479. The lowest BCUT2D eigenvalue weighted by Crippen LogP contribution is -1.84. The molecule has 68 valence electrons. The predicted octanol–water partition coefficient (Wildman–Crippen LogP) is 3.08. The largest absolute Gasteiger partial charge is 0.506 e. The standard InChI is InChI=1S/C9H8BrNOS/c10-3-5-4-13-9-2-7(11)8(12)1-6(5)9/h1-2,4,12H,3,11H2. The van der Waals surface area contributed by atoms with Gasteiger partial charge in [0.15, 0.2) is 0 Å². The van der Waals surface area contributed by atoms with E-state index < -0.39 is 0 Å². The summed E-state index contributed by atoms with van der Waals surface area (Å²) in [5.41, 5.74) is 7.21. The van der Waals surface area contributed by atoms with Crippen molar-refractivity contribution < 1.29 is 5.11 Å². The zero-order chi connectivity index (χ0) is 9.42. The van der Waals surface area contributed by atoms with E-state index in [9.17, 15) is 5.11 Å². The van der Waals surface area contributed by atoms with Crippen LogP contribution in [0.15, 0.2) is 17.5 Å². The van der Waals surface area contributed by atoms with Crippen LogP contribution in [0, 0.1) is 0 Å². The van der Waals surface area contributed by atoms with Gasteiger partial charge in [-0.1, -0.05) is 15.9 Å². The van der Waals surface area contributed by atoms with Crippen LogP contribution in [-0.2, 0) is 5.33 Å². The first kappa shape index (κ1) is 8.84. The number of phenols is 1. The summed E-state index contributed by atoms with van der Waals surface area (Å²) in [7, 11) is 0. The van der Waals surface area contributed by atoms with Gasteiger partial charge in [0, 0.05) is 15.4 Å². The molecule has 0 saturated heterocycles. The van der Waals surface area contributed by atoms with Gasteiger partial charge in [0.1, 0.15) is 5.75 Å². The van der Waals surface area contributed by atoms with Gasteiger partial charge in [-0.25, -0.2) is 0 Å². The zero-order valence-corrected chi connectivity index (χ0v) is 9.15. The molecule has 1 heterocycles. The van der Waals surface area contributed by atoms with Gasteiger partial charge in [0.2, 0.25) is 0 Å². The molecule has 0 radical (unpaired) electrons. The highest BCUT2D eigenvalue weighted by atomic mass is 79.9. The number of nitrogens with two attached hydrogens (primary N) is 1. The molecular weight excluding hydrogens is 250 g/mol. The zero-order valence-electron chi connectivity index (χ0n) is 6.75. The van der Waals surface area contributed by atoms with Crippen LogP contribution in [-0.4, -0.2) is 5.11 Å². The Kier molecular flexibility index (Phi) is 2.17. The number of nitrogen functional groups attached to an aromatic ring is 1. The van der Waals surface area contributed by atoms with Gasteiger partial charge < -0.3 is 10.8 Å². The van der Waals surface area contributed by atoms with Gasteiger partial charge in [-0.2, -0.15) is 0 Å². The first-order valence-electron chi connectivity index (χ1n) is 3.77. The van der Waals surface area contributed by atoms with Crippen molar-refractivity contribution in [3.8, 4) is 5.75 Å². The average Bonchev–Trinajstić information content (AvgIpc) is 2.48. The van der Waals surface area contributed by atoms with Crippen LogP contribution < -0.4 is 5.73 Å². The minimum atomic E-state index is 0.160. The van der Waals surface area contributed by atoms with E-state index in [1.54, 1.807) is 17.4 Å². The van der Waals surface area contributed by atoms with E-state index in [0.29, 0.717) is 5.69 Å². The number of thiophene rings is 1. The van der Waals surface area contributed by atoms with Crippen molar-refractivity contribution in [1.29, 1.82) is 0 Å². The highest BCUT2D eigenvalue weighted by Gasteiger charge is 2.06. The molecule has 0 aliphatic heterocycles. The maximum Gasteiger partial charge on any atom is 0.139 e. The van der Waals surface area contributed by atoms with Crippen molar-refractivity contribution in [3.63, 3.8) is 0 Å². The second kappa shape index (κ2) is 3.20. The number of benzene rings is 1. The SMILES string of the molecule is Nc1cc2scc(CBr)c2cc1O. The molecule has 2 aromatic rings. The molecule has 0 amide bonds. The van der Waals surface area contributed by atoms with E-state index in [-0.39, 0.29) is 5.75 Å². The number of rotatable bonds is 1. The summed E-state index contributed by atoms with van der Waals surface area (Å²) in [6.07, 6.45) is 0. The van der Waals surface area contributed by atoms with Crippen LogP contribution >= 0.6 is 27.3 Å². The van der Waals surface area contributed by atoms with E-state index in [1.165, 1.54) is 5.56 Å². The Morgan fingerprint density at radius 1 is 1.46 bits per heavy atom. The van der Waals surface area contributed by atoms with Gasteiger partial charge in [-0.15, -0.1) is 11.3 Å². The van der Waals surface area contributed by atoms with Crippen LogP contribution in [0.25, 0.3) is 10.1 Å². The monoisotopic (exact) mass is 257 g/mol. The summed E-state index contributed by atoms with van der Waals surface area (Å²) in [6.45, 7) is 0. The first-order chi connectivity index (χ1) is 6.22. The summed E-state index contributed by atoms with van der Waals surface area (Å²) >= 11 is 5.03.